The molecular formula is C18H23ClN2O3. The molecule has 6 heteroatoms. The predicted octanol–water partition coefficient (Wildman–Crippen LogP) is 2.99. The molecule has 2 aromatic rings. The highest BCUT2D eigenvalue weighted by Gasteiger charge is 2.19. The number of furan rings is 1. The lowest BCUT2D eigenvalue weighted by Gasteiger charge is -2.09. The Bertz CT molecular complexity index is 693. The minimum absolute atomic E-state index is 0. The van der Waals surface area contributed by atoms with Gasteiger partial charge in [-0.15, -0.1) is 12.4 Å². The number of nitrogens with one attached hydrogen (secondary N) is 2. The van der Waals surface area contributed by atoms with Crippen molar-refractivity contribution >= 4 is 18.3 Å². The number of hydrogen-bond acceptors (Lipinski definition) is 4. The van der Waals surface area contributed by atoms with Crippen molar-refractivity contribution in [3.05, 3.63) is 53.0 Å². The fourth-order valence-corrected chi connectivity index (χ4v) is 2.72. The number of carbonyl (C=O) groups excluding carboxylic acids is 1. The third kappa shape index (κ3) is 4.52. The molecule has 1 aliphatic heterocycles. The largest absolute Gasteiger partial charge is 0.485 e. The Hall–Kier alpha value is -1.98. The predicted molar refractivity (Wildman–Crippen MR) is 94.9 cm³/mol. The molecule has 2 N–H and O–H groups in total. The Morgan fingerprint density at radius 2 is 2.17 bits per heavy atom. The Balaban J connectivity index is 0.00000208. The minimum Gasteiger partial charge on any atom is -0.485 e. The summed E-state index contributed by atoms with van der Waals surface area (Å²) in [6.07, 6.45) is 0.953. The number of hydrogen-bond donors (Lipinski definition) is 2. The Morgan fingerprint density at radius 1 is 1.33 bits per heavy atom. The van der Waals surface area contributed by atoms with Crippen LogP contribution in [-0.4, -0.2) is 25.0 Å². The number of aryl methyl sites for hydroxylation is 2. The van der Waals surface area contributed by atoms with E-state index in [4.69, 9.17) is 9.15 Å². The smallest absolute Gasteiger partial charge is 0.287 e. The summed E-state index contributed by atoms with van der Waals surface area (Å²) < 4.78 is 11.4. The van der Waals surface area contributed by atoms with Crippen LogP contribution < -0.4 is 15.4 Å². The number of halogens is 1. The number of rotatable bonds is 5. The van der Waals surface area contributed by atoms with Gasteiger partial charge in [0.1, 0.15) is 18.1 Å². The van der Waals surface area contributed by atoms with Gasteiger partial charge in [0.25, 0.3) is 5.91 Å². The van der Waals surface area contributed by atoms with Gasteiger partial charge < -0.3 is 19.8 Å². The van der Waals surface area contributed by atoms with Gasteiger partial charge in [-0.3, -0.25) is 4.79 Å². The van der Waals surface area contributed by atoms with E-state index in [1.807, 2.05) is 26.0 Å². The van der Waals surface area contributed by atoms with E-state index in [0.29, 0.717) is 18.1 Å². The van der Waals surface area contributed by atoms with Crippen molar-refractivity contribution in [2.75, 3.05) is 13.1 Å². The fraction of sp³-hybridized carbons (Fsp3) is 0.389. The summed E-state index contributed by atoms with van der Waals surface area (Å²) >= 11 is 0. The van der Waals surface area contributed by atoms with E-state index in [2.05, 4.69) is 16.7 Å². The van der Waals surface area contributed by atoms with Gasteiger partial charge in [0, 0.05) is 12.6 Å². The quantitative estimate of drug-likeness (QED) is 0.870. The Morgan fingerprint density at radius 3 is 2.88 bits per heavy atom. The molecular weight excluding hydrogens is 328 g/mol. The van der Waals surface area contributed by atoms with E-state index >= 15 is 0 Å². The van der Waals surface area contributed by atoms with E-state index in [0.717, 1.165) is 30.8 Å². The van der Waals surface area contributed by atoms with E-state index in [1.165, 1.54) is 5.56 Å². The molecule has 0 spiro atoms. The zero-order chi connectivity index (χ0) is 16.2. The monoisotopic (exact) mass is 350 g/mol. The van der Waals surface area contributed by atoms with E-state index < -0.39 is 0 Å². The van der Waals surface area contributed by atoms with Crippen molar-refractivity contribution in [3.63, 3.8) is 0 Å². The molecule has 1 unspecified atom stereocenters. The molecule has 0 aliphatic carbocycles. The summed E-state index contributed by atoms with van der Waals surface area (Å²) in [5.41, 5.74) is 2.29. The maximum atomic E-state index is 12.1. The van der Waals surface area contributed by atoms with Gasteiger partial charge in [-0.25, -0.2) is 0 Å². The van der Waals surface area contributed by atoms with Gasteiger partial charge in [0.15, 0.2) is 5.76 Å². The number of carbonyl (C=O) groups is 1. The molecule has 1 aliphatic rings. The van der Waals surface area contributed by atoms with Crippen LogP contribution in [0.3, 0.4) is 0 Å². The first-order valence-electron chi connectivity index (χ1n) is 7.92. The Labute approximate surface area is 148 Å². The summed E-state index contributed by atoms with van der Waals surface area (Å²) in [5, 5.41) is 6.18. The Kier molecular flexibility index (Phi) is 6.29. The second-order valence-electron chi connectivity index (χ2n) is 5.99. The molecule has 0 saturated carbocycles. The van der Waals surface area contributed by atoms with Gasteiger partial charge in [-0.1, -0.05) is 17.7 Å². The van der Waals surface area contributed by atoms with Crippen molar-refractivity contribution in [2.24, 2.45) is 0 Å². The van der Waals surface area contributed by atoms with Crippen molar-refractivity contribution in [3.8, 4) is 5.75 Å². The highest BCUT2D eigenvalue weighted by Crippen LogP contribution is 2.20. The molecule has 1 saturated heterocycles. The maximum absolute atomic E-state index is 12.1. The summed E-state index contributed by atoms with van der Waals surface area (Å²) in [6, 6.07) is 9.70. The van der Waals surface area contributed by atoms with Crippen LogP contribution >= 0.6 is 12.4 Å². The molecule has 2 heterocycles. The van der Waals surface area contributed by atoms with Crippen LogP contribution in [-0.2, 0) is 6.61 Å². The van der Waals surface area contributed by atoms with E-state index in [9.17, 15) is 4.79 Å². The van der Waals surface area contributed by atoms with Gasteiger partial charge >= 0.3 is 0 Å². The zero-order valence-corrected chi connectivity index (χ0v) is 14.7. The number of ether oxygens (including phenoxy) is 1. The van der Waals surface area contributed by atoms with Crippen LogP contribution in [0.5, 0.6) is 5.75 Å². The fourth-order valence-electron chi connectivity index (χ4n) is 2.72. The van der Waals surface area contributed by atoms with Crippen LogP contribution in [0, 0.1) is 13.8 Å². The lowest BCUT2D eigenvalue weighted by molar-refractivity contribution is 0.0908. The second-order valence-corrected chi connectivity index (χ2v) is 5.99. The van der Waals surface area contributed by atoms with Crippen LogP contribution in [0.1, 0.15) is 33.9 Å². The van der Waals surface area contributed by atoms with Crippen molar-refractivity contribution in [2.45, 2.75) is 32.9 Å². The average molecular weight is 351 g/mol. The zero-order valence-electron chi connectivity index (χ0n) is 13.9. The van der Waals surface area contributed by atoms with E-state index in [-0.39, 0.29) is 24.4 Å². The first-order valence-corrected chi connectivity index (χ1v) is 7.92. The van der Waals surface area contributed by atoms with E-state index in [1.54, 1.807) is 12.1 Å². The summed E-state index contributed by atoms with van der Waals surface area (Å²) in [6.45, 7) is 6.13. The first-order chi connectivity index (χ1) is 11.1. The maximum Gasteiger partial charge on any atom is 0.287 e. The highest BCUT2D eigenvalue weighted by molar-refractivity contribution is 5.91. The molecule has 1 amide bonds. The summed E-state index contributed by atoms with van der Waals surface area (Å²) in [5.74, 6) is 1.63. The standard InChI is InChI=1S/C18H22N2O3.ClH/c1-12-3-5-16(13(2)9-12)22-11-15-4-6-17(23-15)18(21)20-14-7-8-19-10-14;/h3-6,9,14,19H,7-8,10-11H2,1-2H3,(H,20,21);1H. The van der Waals surface area contributed by atoms with Crippen LogP contribution in [0.15, 0.2) is 34.7 Å². The first kappa shape index (κ1) is 18.4. The molecule has 130 valence electrons. The number of benzene rings is 1. The molecule has 0 bridgehead atoms. The highest BCUT2D eigenvalue weighted by atomic mass is 35.5. The van der Waals surface area contributed by atoms with Crippen LogP contribution in [0.2, 0.25) is 0 Å². The lowest BCUT2D eigenvalue weighted by Crippen LogP contribution is -2.35. The third-order valence-corrected chi connectivity index (χ3v) is 3.98. The topological polar surface area (TPSA) is 63.5 Å². The normalized spacial score (nSPS) is 16.5. The second kappa shape index (κ2) is 8.22. The number of amides is 1. The average Bonchev–Trinajstić information content (AvgIpc) is 3.17. The molecule has 1 aromatic carbocycles. The molecule has 1 fully saturated rings. The van der Waals surface area contributed by atoms with Crippen LogP contribution in [0.25, 0.3) is 0 Å². The third-order valence-electron chi connectivity index (χ3n) is 3.98. The molecule has 3 rings (SSSR count). The molecule has 24 heavy (non-hydrogen) atoms. The molecule has 1 aromatic heterocycles. The summed E-state index contributed by atoms with van der Waals surface area (Å²) in [7, 11) is 0. The van der Waals surface area contributed by atoms with Crippen molar-refractivity contribution < 1.29 is 13.9 Å². The molecule has 0 radical (unpaired) electrons. The molecule has 1 atom stereocenters. The van der Waals surface area contributed by atoms with Crippen LogP contribution in [0.4, 0.5) is 0 Å². The molecule has 5 nitrogen and oxygen atoms in total. The van der Waals surface area contributed by atoms with Crippen molar-refractivity contribution in [1.82, 2.24) is 10.6 Å². The van der Waals surface area contributed by atoms with Gasteiger partial charge in [-0.05, 0) is 50.6 Å². The van der Waals surface area contributed by atoms with Gasteiger partial charge in [0.2, 0.25) is 0 Å². The minimum atomic E-state index is -0.170. The SMILES string of the molecule is Cc1ccc(OCc2ccc(C(=O)NC3CCNC3)o2)c(C)c1.Cl. The summed E-state index contributed by atoms with van der Waals surface area (Å²) in [4.78, 5) is 12.1. The van der Waals surface area contributed by atoms with Crippen molar-refractivity contribution in [1.29, 1.82) is 0 Å². The lowest BCUT2D eigenvalue weighted by atomic mass is 10.1. The van der Waals surface area contributed by atoms with Gasteiger partial charge in [-0.2, -0.15) is 0 Å². The van der Waals surface area contributed by atoms with Gasteiger partial charge in [0.05, 0.1) is 0 Å².